The highest BCUT2D eigenvalue weighted by Crippen LogP contribution is 2.17. The average Bonchev–Trinajstić information content (AvgIpc) is 2.61. The van der Waals surface area contributed by atoms with Crippen LogP contribution >= 0.6 is 24.0 Å². The van der Waals surface area contributed by atoms with Crippen molar-refractivity contribution in [2.45, 2.75) is 39.3 Å². The van der Waals surface area contributed by atoms with E-state index in [-0.39, 0.29) is 30.1 Å². The summed E-state index contributed by atoms with van der Waals surface area (Å²) in [5.41, 5.74) is 7.23. The Morgan fingerprint density at radius 2 is 2.04 bits per heavy atom. The molecule has 2 aliphatic rings. The highest BCUT2D eigenvalue weighted by molar-refractivity contribution is 14.0. The topological polar surface area (TPSA) is 67.0 Å². The molecule has 0 amide bonds. The smallest absolute Gasteiger partial charge is 0.191 e. The number of guanidine groups is 1. The number of nitrogens with two attached hydrogens (primary N) is 1. The van der Waals surface area contributed by atoms with Crippen LogP contribution in [0, 0.1) is 5.92 Å². The van der Waals surface area contributed by atoms with Crippen LogP contribution in [0.2, 0.25) is 0 Å². The maximum atomic E-state index is 6.14. The van der Waals surface area contributed by atoms with Crippen LogP contribution < -0.4 is 10.6 Å². The van der Waals surface area contributed by atoms with Crippen LogP contribution in [0.4, 0.5) is 5.82 Å². The Morgan fingerprint density at radius 3 is 2.68 bits per heavy atom. The van der Waals surface area contributed by atoms with Crippen molar-refractivity contribution in [1.29, 1.82) is 0 Å². The zero-order chi connectivity index (χ0) is 16.9. The van der Waals surface area contributed by atoms with Gasteiger partial charge in [-0.2, -0.15) is 0 Å². The normalized spacial score (nSPS) is 22.6. The van der Waals surface area contributed by atoms with Crippen LogP contribution in [0.3, 0.4) is 0 Å². The number of ether oxygens (including phenoxy) is 1. The number of rotatable bonds is 3. The van der Waals surface area contributed by atoms with E-state index in [4.69, 9.17) is 10.5 Å². The highest BCUT2D eigenvalue weighted by atomic mass is 127. The minimum Gasteiger partial charge on any atom is -0.375 e. The standard InChI is InChI=1S/C18H29N5O.HI/c1-14-5-7-22(8-6-14)18(19)21-12-16-3-4-17(20-11-16)23-9-10-24-15(2)13-23;/h3-4,11,14-15H,5-10,12-13H2,1-2H3,(H2,19,21);1H. The fraction of sp³-hybridized carbons (Fsp3) is 0.667. The lowest BCUT2D eigenvalue weighted by atomic mass is 10.00. The first kappa shape index (κ1) is 20.2. The average molecular weight is 459 g/mol. The van der Waals surface area contributed by atoms with Crippen LogP contribution in [0.15, 0.2) is 23.3 Å². The molecule has 2 saturated heterocycles. The summed E-state index contributed by atoms with van der Waals surface area (Å²) < 4.78 is 5.58. The van der Waals surface area contributed by atoms with E-state index in [0.29, 0.717) is 12.5 Å². The molecule has 7 heteroatoms. The molecule has 1 aromatic rings. The molecular weight excluding hydrogens is 429 g/mol. The molecule has 2 N–H and O–H groups in total. The maximum Gasteiger partial charge on any atom is 0.191 e. The predicted molar refractivity (Wildman–Crippen MR) is 113 cm³/mol. The summed E-state index contributed by atoms with van der Waals surface area (Å²) in [6.07, 6.45) is 4.57. The molecule has 2 fully saturated rings. The van der Waals surface area contributed by atoms with Gasteiger partial charge in [-0.05, 0) is 37.3 Å². The zero-order valence-electron chi connectivity index (χ0n) is 15.2. The van der Waals surface area contributed by atoms with Crippen LogP contribution in [-0.2, 0) is 11.3 Å². The van der Waals surface area contributed by atoms with Crippen LogP contribution in [-0.4, -0.2) is 54.7 Å². The minimum absolute atomic E-state index is 0. The van der Waals surface area contributed by atoms with Crippen LogP contribution in [0.25, 0.3) is 0 Å². The number of nitrogens with zero attached hydrogens (tertiary/aromatic N) is 4. The fourth-order valence-electron chi connectivity index (χ4n) is 3.23. The molecule has 6 nitrogen and oxygen atoms in total. The summed E-state index contributed by atoms with van der Waals surface area (Å²) >= 11 is 0. The number of anilines is 1. The molecule has 1 atom stereocenters. The second-order valence-electron chi connectivity index (χ2n) is 7.00. The van der Waals surface area contributed by atoms with E-state index in [2.05, 4.69) is 45.8 Å². The van der Waals surface area contributed by atoms with Crippen LogP contribution in [0.1, 0.15) is 32.3 Å². The van der Waals surface area contributed by atoms with Gasteiger partial charge in [0.05, 0.1) is 19.3 Å². The van der Waals surface area contributed by atoms with Crippen LogP contribution in [0.5, 0.6) is 0 Å². The van der Waals surface area contributed by atoms with Gasteiger partial charge < -0.3 is 20.3 Å². The van der Waals surface area contributed by atoms with Gasteiger partial charge in [-0.15, -0.1) is 24.0 Å². The number of aliphatic imine (C=N–C) groups is 1. The number of pyridine rings is 1. The molecule has 0 bridgehead atoms. The largest absolute Gasteiger partial charge is 0.375 e. The second kappa shape index (κ2) is 9.56. The molecule has 0 spiro atoms. The number of halogens is 1. The number of aromatic nitrogens is 1. The van der Waals surface area contributed by atoms with E-state index in [1.165, 1.54) is 12.8 Å². The van der Waals surface area contributed by atoms with Crippen molar-refractivity contribution in [3.05, 3.63) is 23.9 Å². The molecular formula is C18H30IN5O. The summed E-state index contributed by atoms with van der Waals surface area (Å²) in [6, 6.07) is 4.17. The lowest BCUT2D eigenvalue weighted by Crippen LogP contribution is -2.42. The third kappa shape index (κ3) is 5.70. The Hall–Kier alpha value is -1.09. The zero-order valence-corrected chi connectivity index (χ0v) is 17.6. The molecule has 0 saturated carbocycles. The third-order valence-electron chi connectivity index (χ3n) is 4.91. The van der Waals surface area contributed by atoms with Gasteiger partial charge in [-0.25, -0.2) is 9.98 Å². The van der Waals surface area contributed by atoms with Gasteiger partial charge in [0.25, 0.3) is 0 Å². The third-order valence-corrected chi connectivity index (χ3v) is 4.91. The van der Waals surface area contributed by atoms with Gasteiger partial charge in [0.2, 0.25) is 0 Å². The number of hydrogen-bond donors (Lipinski definition) is 1. The summed E-state index contributed by atoms with van der Waals surface area (Å²) in [7, 11) is 0. The van der Waals surface area contributed by atoms with E-state index >= 15 is 0 Å². The number of likely N-dealkylation sites (tertiary alicyclic amines) is 1. The first-order valence-corrected chi connectivity index (χ1v) is 8.98. The summed E-state index contributed by atoms with van der Waals surface area (Å²) in [4.78, 5) is 13.6. The highest BCUT2D eigenvalue weighted by Gasteiger charge is 2.18. The Labute approximate surface area is 167 Å². The first-order chi connectivity index (χ1) is 11.6. The Kier molecular flexibility index (Phi) is 7.74. The van der Waals surface area contributed by atoms with Crippen molar-refractivity contribution < 1.29 is 4.74 Å². The first-order valence-electron chi connectivity index (χ1n) is 8.98. The van der Waals surface area contributed by atoms with E-state index in [1.54, 1.807) is 0 Å². The van der Waals surface area contributed by atoms with Gasteiger partial charge in [-0.3, -0.25) is 0 Å². The van der Waals surface area contributed by atoms with Gasteiger partial charge in [0.15, 0.2) is 5.96 Å². The van der Waals surface area contributed by atoms with Gasteiger partial charge in [0.1, 0.15) is 5.82 Å². The fourth-order valence-corrected chi connectivity index (χ4v) is 3.23. The summed E-state index contributed by atoms with van der Waals surface area (Å²) in [6.45, 7) is 9.57. The number of hydrogen-bond acceptors (Lipinski definition) is 4. The quantitative estimate of drug-likeness (QED) is 0.428. The van der Waals surface area contributed by atoms with Gasteiger partial charge in [0, 0.05) is 32.4 Å². The van der Waals surface area contributed by atoms with E-state index in [0.717, 1.165) is 50.1 Å². The molecule has 1 unspecified atom stereocenters. The SMILES string of the molecule is CC1CCN(C(N)=NCc2ccc(N3CCOC(C)C3)nc2)CC1.I. The van der Waals surface area contributed by atoms with Crippen molar-refractivity contribution >= 4 is 35.8 Å². The summed E-state index contributed by atoms with van der Waals surface area (Å²) in [5.74, 6) is 2.47. The molecule has 3 heterocycles. The van der Waals surface area contributed by atoms with Crippen molar-refractivity contribution in [2.24, 2.45) is 16.6 Å². The summed E-state index contributed by atoms with van der Waals surface area (Å²) in [5, 5.41) is 0. The molecule has 3 rings (SSSR count). The lowest BCUT2D eigenvalue weighted by molar-refractivity contribution is 0.0529. The molecule has 0 aliphatic carbocycles. The molecule has 0 radical (unpaired) electrons. The maximum absolute atomic E-state index is 6.14. The number of piperidine rings is 1. The van der Waals surface area contributed by atoms with Gasteiger partial charge in [-0.1, -0.05) is 13.0 Å². The number of morpholine rings is 1. The Morgan fingerprint density at radius 1 is 1.28 bits per heavy atom. The van der Waals surface area contributed by atoms with E-state index in [9.17, 15) is 0 Å². The molecule has 1 aromatic heterocycles. The predicted octanol–water partition coefficient (Wildman–Crippen LogP) is 2.47. The molecule has 0 aromatic carbocycles. The van der Waals surface area contributed by atoms with Gasteiger partial charge >= 0.3 is 0 Å². The van der Waals surface area contributed by atoms with Crippen molar-refractivity contribution in [3.8, 4) is 0 Å². The molecule has 140 valence electrons. The monoisotopic (exact) mass is 459 g/mol. The van der Waals surface area contributed by atoms with Crippen molar-refractivity contribution in [1.82, 2.24) is 9.88 Å². The van der Waals surface area contributed by atoms with E-state index < -0.39 is 0 Å². The minimum atomic E-state index is 0. The van der Waals surface area contributed by atoms with E-state index in [1.807, 2.05) is 6.20 Å². The second-order valence-corrected chi connectivity index (χ2v) is 7.00. The molecule has 25 heavy (non-hydrogen) atoms. The Bertz CT molecular complexity index is 557. The Balaban J connectivity index is 0.00000225. The van der Waals surface area contributed by atoms with Crippen molar-refractivity contribution in [2.75, 3.05) is 37.7 Å². The molecule has 2 aliphatic heterocycles. The lowest BCUT2D eigenvalue weighted by Gasteiger charge is -2.32. The van der Waals surface area contributed by atoms with Crippen molar-refractivity contribution in [3.63, 3.8) is 0 Å².